The van der Waals surface area contributed by atoms with Crippen LogP contribution in [-0.2, 0) is 0 Å². The Morgan fingerprint density at radius 1 is 1.33 bits per heavy atom. The van der Waals surface area contributed by atoms with Gasteiger partial charge in [-0.15, -0.1) is 11.3 Å². The number of hydrogen-bond donors (Lipinski definition) is 1. The van der Waals surface area contributed by atoms with Crippen LogP contribution in [0.25, 0.3) is 4.96 Å². The SMILES string of the molecule is Cc1nc2scc(C)n2c1/C=N\NC(=O)c1ccccc1. The van der Waals surface area contributed by atoms with Gasteiger partial charge >= 0.3 is 0 Å². The number of aryl methyl sites for hydroxylation is 2. The van der Waals surface area contributed by atoms with E-state index in [0.29, 0.717) is 5.56 Å². The Labute approximate surface area is 126 Å². The highest BCUT2D eigenvalue weighted by molar-refractivity contribution is 7.15. The number of thiazole rings is 1. The first-order valence-corrected chi connectivity index (χ1v) is 7.36. The minimum atomic E-state index is -0.229. The third-order valence-electron chi connectivity index (χ3n) is 3.14. The van der Waals surface area contributed by atoms with Crippen LogP contribution in [0.2, 0.25) is 0 Å². The molecule has 0 aliphatic carbocycles. The van der Waals surface area contributed by atoms with Gasteiger partial charge in [-0.2, -0.15) is 5.10 Å². The molecule has 0 aliphatic rings. The first-order chi connectivity index (χ1) is 10.2. The van der Waals surface area contributed by atoms with E-state index in [9.17, 15) is 4.79 Å². The Balaban J connectivity index is 1.81. The molecular weight excluding hydrogens is 284 g/mol. The van der Waals surface area contributed by atoms with Crippen molar-refractivity contribution in [3.05, 3.63) is 58.4 Å². The van der Waals surface area contributed by atoms with Crippen LogP contribution in [0.15, 0.2) is 40.8 Å². The summed E-state index contributed by atoms with van der Waals surface area (Å²) in [5, 5.41) is 6.08. The fourth-order valence-corrected chi connectivity index (χ4v) is 3.00. The molecular formula is C15H14N4OS. The Hall–Kier alpha value is -2.47. The summed E-state index contributed by atoms with van der Waals surface area (Å²) in [6.07, 6.45) is 1.63. The molecule has 0 saturated carbocycles. The molecule has 0 unspecified atom stereocenters. The largest absolute Gasteiger partial charge is 0.286 e. The number of hydrogen-bond acceptors (Lipinski definition) is 4. The minimum Gasteiger partial charge on any atom is -0.286 e. The fraction of sp³-hybridized carbons (Fsp3) is 0.133. The molecule has 3 rings (SSSR count). The maximum Gasteiger partial charge on any atom is 0.271 e. The van der Waals surface area contributed by atoms with Gasteiger partial charge in [0.25, 0.3) is 5.91 Å². The molecule has 0 atom stereocenters. The van der Waals surface area contributed by atoms with Gasteiger partial charge in [0.05, 0.1) is 17.6 Å². The van der Waals surface area contributed by atoms with Crippen molar-refractivity contribution >= 4 is 28.4 Å². The summed E-state index contributed by atoms with van der Waals surface area (Å²) in [5.74, 6) is -0.229. The molecule has 3 aromatic rings. The molecule has 1 aromatic carbocycles. The van der Waals surface area contributed by atoms with Gasteiger partial charge in [0, 0.05) is 16.6 Å². The third-order valence-corrected chi connectivity index (χ3v) is 4.09. The van der Waals surface area contributed by atoms with Crippen LogP contribution in [0.4, 0.5) is 0 Å². The van der Waals surface area contributed by atoms with Crippen molar-refractivity contribution in [2.75, 3.05) is 0 Å². The van der Waals surface area contributed by atoms with E-state index in [4.69, 9.17) is 0 Å². The lowest BCUT2D eigenvalue weighted by atomic mass is 10.2. The number of amides is 1. The number of nitrogens with one attached hydrogen (secondary N) is 1. The van der Waals surface area contributed by atoms with Crippen molar-refractivity contribution in [3.63, 3.8) is 0 Å². The van der Waals surface area contributed by atoms with Gasteiger partial charge in [-0.25, -0.2) is 10.4 Å². The van der Waals surface area contributed by atoms with Crippen LogP contribution in [0.5, 0.6) is 0 Å². The van der Waals surface area contributed by atoms with Gasteiger partial charge in [0.2, 0.25) is 0 Å². The number of carbonyl (C=O) groups is 1. The van der Waals surface area contributed by atoms with E-state index in [0.717, 1.165) is 22.0 Å². The van der Waals surface area contributed by atoms with E-state index in [-0.39, 0.29) is 5.91 Å². The molecule has 0 spiro atoms. The smallest absolute Gasteiger partial charge is 0.271 e. The average Bonchev–Trinajstić information content (AvgIpc) is 3.00. The zero-order chi connectivity index (χ0) is 14.8. The highest BCUT2D eigenvalue weighted by Crippen LogP contribution is 2.19. The fourth-order valence-electron chi connectivity index (χ4n) is 2.08. The van der Waals surface area contributed by atoms with Crippen molar-refractivity contribution in [2.45, 2.75) is 13.8 Å². The van der Waals surface area contributed by atoms with Crippen molar-refractivity contribution < 1.29 is 4.79 Å². The zero-order valence-electron chi connectivity index (χ0n) is 11.7. The summed E-state index contributed by atoms with van der Waals surface area (Å²) in [6, 6.07) is 8.99. The molecule has 21 heavy (non-hydrogen) atoms. The lowest BCUT2D eigenvalue weighted by Crippen LogP contribution is -2.17. The predicted molar refractivity (Wildman–Crippen MR) is 84.0 cm³/mol. The Morgan fingerprint density at radius 2 is 2.10 bits per heavy atom. The first-order valence-electron chi connectivity index (χ1n) is 6.48. The molecule has 106 valence electrons. The number of fused-ring (bicyclic) bond motifs is 1. The number of aromatic nitrogens is 2. The van der Waals surface area contributed by atoms with Crippen LogP contribution in [0.1, 0.15) is 27.4 Å². The minimum absolute atomic E-state index is 0.229. The summed E-state index contributed by atoms with van der Waals surface area (Å²) in [7, 11) is 0. The molecule has 0 bridgehead atoms. The molecule has 0 saturated heterocycles. The molecule has 5 nitrogen and oxygen atoms in total. The van der Waals surface area contributed by atoms with Gasteiger partial charge < -0.3 is 0 Å². The van der Waals surface area contributed by atoms with E-state index < -0.39 is 0 Å². The molecule has 1 N–H and O–H groups in total. The number of nitrogens with zero attached hydrogens (tertiary/aromatic N) is 3. The van der Waals surface area contributed by atoms with Crippen LogP contribution in [0, 0.1) is 13.8 Å². The second-order valence-electron chi connectivity index (χ2n) is 4.64. The standard InChI is InChI=1S/C15H14N4OS/c1-10-9-21-15-17-11(2)13(19(10)15)8-16-18-14(20)12-6-4-3-5-7-12/h3-9H,1-2H3,(H,18,20)/b16-8-. The number of imidazole rings is 1. The van der Waals surface area contributed by atoms with Crippen LogP contribution in [0.3, 0.4) is 0 Å². The molecule has 0 radical (unpaired) electrons. The van der Waals surface area contributed by atoms with Crippen molar-refractivity contribution in [1.82, 2.24) is 14.8 Å². The van der Waals surface area contributed by atoms with Crippen LogP contribution < -0.4 is 5.43 Å². The summed E-state index contributed by atoms with van der Waals surface area (Å²) in [6.45, 7) is 3.95. The lowest BCUT2D eigenvalue weighted by Gasteiger charge is -1.99. The molecule has 1 amide bonds. The molecule has 6 heteroatoms. The normalized spacial score (nSPS) is 11.3. The van der Waals surface area contributed by atoms with Crippen molar-refractivity contribution in [1.29, 1.82) is 0 Å². The summed E-state index contributed by atoms with van der Waals surface area (Å²) in [5.41, 5.74) is 5.99. The van der Waals surface area contributed by atoms with Gasteiger partial charge in [-0.3, -0.25) is 9.20 Å². The number of hydrazone groups is 1. The maximum absolute atomic E-state index is 11.9. The van der Waals surface area contributed by atoms with Crippen molar-refractivity contribution in [2.24, 2.45) is 5.10 Å². The second-order valence-corrected chi connectivity index (χ2v) is 5.48. The highest BCUT2D eigenvalue weighted by Gasteiger charge is 2.10. The number of rotatable bonds is 3. The van der Waals surface area contributed by atoms with E-state index in [1.807, 2.05) is 41.8 Å². The molecule has 2 heterocycles. The Kier molecular flexibility index (Phi) is 3.53. The first kappa shape index (κ1) is 13.5. The van der Waals surface area contributed by atoms with Gasteiger partial charge in [-0.1, -0.05) is 18.2 Å². The molecule has 2 aromatic heterocycles. The topological polar surface area (TPSA) is 58.8 Å². The Bertz CT molecular complexity index is 817. The number of benzene rings is 1. The van der Waals surface area contributed by atoms with Gasteiger partial charge in [0.15, 0.2) is 4.96 Å². The second kappa shape index (κ2) is 5.49. The van der Waals surface area contributed by atoms with E-state index in [2.05, 4.69) is 15.5 Å². The zero-order valence-corrected chi connectivity index (χ0v) is 12.5. The lowest BCUT2D eigenvalue weighted by molar-refractivity contribution is 0.0955. The van der Waals surface area contributed by atoms with E-state index >= 15 is 0 Å². The highest BCUT2D eigenvalue weighted by atomic mass is 32.1. The summed E-state index contributed by atoms with van der Waals surface area (Å²) in [4.78, 5) is 17.3. The van der Waals surface area contributed by atoms with Crippen LogP contribution in [-0.4, -0.2) is 21.5 Å². The summed E-state index contributed by atoms with van der Waals surface area (Å²) < 4.78 is 2.03. The quantitative estimate of drug-likeness (QED) is 0.597. The van der Waals surface area contributed by atoms with Gasteiger partial charge in [-0.05, 0) is 26.0 Å². The number of carbonyl (C=O) groups excluding carboxylic acids is 1. The maximum atomic E-state index is 11.9. The van der Waals surface area contributed by atoms with E-state index in [1.54, 1.807) is 29.7 Å². The third kappa shape index (κ3) is 2.57. The van der Waals surface area contributed by atoms with Crippen molar-refractivity contribution in [3.8, 4) is 0 Å². The average molecular weight is 298 g/mol. The molecule has 0 aliphatic heterocycles. The molecule has 0 fully saturated rings. The van der Waals surface area contributed by atoms with Gasteiger partial charge in [0.1, 0.15) is 0 Å². The summed E-state index contributed by atoms with van der Waals surface area (Å²) >= 11 is 1.59. The monoisotopic (exact) mass is 298 g/mol. The van der Waals surface area contributed by atoms with E-state index in [1.165, 1.54) is 0 Å². The predicted octanol–water partition coefficient (Wildman–Crippen LogP) is 2.78. The Morgan fingerprint density at radius 3 is 2.86 bits per heavy atom. The van der Waals surface area contributed by atoms with Crippen LogP contribution >= 0.6 is 11.3 Å².